The van der Waals surface area contributed by atoms with Crippen LogP contribution in [-0.4, -0.2) is 43.2 Å². The molecule has 0 unspecified atom stereocenters. The topological polar surface area (TPSA) is 57.7 Å². The molecule has 1 aromatic carbocycles. The lowest BCUT2D eigenvalue weighted by Crippen LogP contribution is -2.35. The second-order valence-corrected chi connectivity index (χ2v) is 9.36. The Balaban J connectivity index is 1.74. The summed E-state index contributed by atoms with van der Waals surface area (Å²) in [5, 5.41) is 1.99. The molecule has 0 spiro atoms. The van der Waals surface area contributed by atoms with E-state index in [2.05, 4.69) is 0 Å². The molecular formula is C19H24N2O3S2. The van der Waals surface area contributed by atoms with Gasteiger partial charge in [-0.1, -0.05) is 12.5 Å². The molecule has 2 aromatic rings. The Morgan fingerprint density at radius 2 is 1.81 bits per heavy atom. The van der Waals surface area contributed by atoms with Crippen molar-refractivity contribution in [3.8, 4) is 0 Å². The monoisotopic (exact) mass is 392 g/mol. The van der Waals surface area contributed by atoms with E-state index >= 15 is 0 Å². The summed E-state index contributed by atoms with van der Waals surface area (Å²) in [7, 11) is -3.46. The van der Waals surface area contributed by atoms with Gasteiger partial charge < -0.3 is 4.90 Å². The van der Waals surface area contributed by atoms with Crippen LogP contribution in [0.15, 0.2) is 46.7 Å². The highest BCUT2D eigenvalue weighted by atomic mass is 32.2. The van der Waals surface area contributed by atoms with Gasteiger partial charge in [-0.3, -0.25) is 4.79 Å². The second kappa shape index (κ2) is 8.33. The van der Waals surface area contributed by atoms with Crippen molar-refractivity contribution >= 4 is 27.3 Å². The summed E-state index contributed by atoms with van der Waals surface area (Å²) in [4.78, 5) is 15.9. The van der Waals surface area contributed by atoms with Gasteiger partial charge in [0, 0.05) is 30.1 Å². The van der Waals surface area contributed by atoms with Gasteiger partial charge >= 0.3 is 0 Å². The summed E-state index contributed by atoms with van der Waals surface area (Å²) >= 11 is 1.62. The van der Waals surface area contributed by atoms with Crippen molar-refractivity contribution in [2.75, 3.05) is 19.6 Å². The molecule has 1 aromatic heterocycles. The van der Waals surface area contributed by atoms with Gasteiger partial charge in [0.2, 0.25) is 10.0 Å². The summed E-state index contributed by atoms with van der Waals surface area (Å²) in [6.07, 6.45) is 2.89. The van der Waals surface area contributed by atoms with E-state index in [1.165, 1.54) is 0 Å². The normalized spacial score (nSPS) is 15.7. The van der Waals surface area contributed by atoms with Crippen LogP contribution in [0, 0.1) is 0 Å². The molecule has 2 heterocycles. The third kappa shape index (κ3) is 4.16. The van der Waals surface area contributed by atoms with E-state index in [1.54, 1.807) is 44.8 Å². The molecule has 0 saturated carbocycles. The lowest BCUT2D eigenvalue weighted by Gasteiger charge is -2.26. The molecular weight excluding hydrogens is 368 g/mol. The van der Waals surface area contributed by atoms with E-state index < -0.39 is 10.0 Å². The zero-order valence-electron chi connectivity index (χ0n) is 14.9. The summed E-state index contributed by atoms with van der Waals surface area (Å²) in [5.41, 5.74) is 0.515. The minimum atomic E-state index is -3.46. The molecule has 3 rings (SSSR count). The first-order valence-corrected chi connectivity index (χ1v) is 11.3. The van der Waals surface area contributed by atoms with Gasteiger partial charge in [0.05, 0.1) is 11.4 Å². The van der Waals surface area contributed by atoms with Crippen LogP contribution in [-0.2, 0) is 16.6 Å². The molecule has 0 N–H and O–H groups in total. The number of amides is 1. The van der Waals surface area contributed by atoms with Crippen molar-refractivity contribution in [1.29, 1.82) is 0 Å². The van der Waals surface area contributed by atoms with E-state index in [0.717, 1.165) is 24.1 Å². The standard InChI is InChI=1S/C19H24N2O3S2/c1-2-20(15-17-7-6-14-25-17)19(22)16-8-10-18(11-9-16)26(23,24)21-12-4-3-5-13-21/h6-11,14H,2-5,12-13,15H2,1H3. The Labute approximate surface area is 159 Å². The van der Waals surface area contributed by atoms with Gasteiger partial charge in [-0.15, -0.1) is 11.3 Å². The van der Waals surface area contributed by atoms with Crippen LogP contribution < -0.4 is 0 Å². The van der Waals surface area contributed by atoms with Crippen LogP contribution in [0.25, 0.3) is 0 Å². The van der Waals surface area contributed by atoms with Crippen LogP contribution in [0.3, 0.4) is 0 Å². The molecule has 140 valence electrons. The van der Waals surface area contributed by atoms with E-state index in [1.807, 2.05) is 24.4 Å². The number of carbonyl (C=O) groups excluding carboxylic acids is 1. The van der Waals surface area contributed by atoms with Crippen LogP contribution in [0.4, 0.5) is 0 Å². The number of carbonyl (C=O) groups is 1. The SMILES string of the molecule is CCN(Cc1cccs1)C(=O)c1ccc(S(=O)(=O)N2CCCCC2)cc1. The van der Waals surface area contributed by atoms with Crippen LogP contribution in [0.2, 0.25) is 0 Å². The minimum absolute atomic E-state index is 0.0807. The predicted molar refractivity (Wildman–Crippen MR) is 104 cm³/mol. The molecule has 0 radical (unpaired) electrons. The van der Waals surface area contributed by atoms with Crippen molar-refractivity contribution in [3.63, 3.8) is 0 Å². The quantitative estimate of drug-likeness (QED) is 0.755. The maximum Gasteiger partial charge on any atom is 0.254 e. The number of sulfonamides is 1. The Kier molecular flexibility index (Phi) is 6.11. The molecule has 0 atom stereocenters. The van der Waals surface area contributed by atoms with Crippen molar-refractivity contribution in [2.24, 2.45) is 0 Å². The predicted octanol–water partition coefficient (Wildman–Crippen LogP) is 3.59. The zero-order valence-corrected chi connectivity index (χ0v) is 16.6. The molecule has 1 aliphatic heterocycles. The minimum Gasteiger partial charge on any atom is -0.334 e. The van der Waals surface area contributed by atoms with E-state index in [4.69, 9.17) is 0 Å². The fourth-order valence-electron chi connectivity index (χ4n) is 3.12. The summed E-state index contributed by atoms with van der Waals surface area (Å²) < 4.78 is 26.9. The third-order valence-electron chi connectivity index (χ3n) is 4.65. The van der Waals surface area contributed by atoms with E-state index in [9.17, 15) is 13.2 Å². The molecule has 26 heavy (non-hydrogen) atoms. The lowest BCUT2D eigenvalue weighted by atomic mass is 10.2. The maximum absolute atomic E-state index is 12.7. The number of benzene rings is 1. The number of hydrogen-bond acceptors (Lipinski definition) is 4. The van der Waals surface area contributed by atoms with E-state index in [-0.39, 0.29) is 10.8 Å². The van der Waals surface area contributed by atoms with Gasteiger partial charge in [0.25, 0.3) is 5.91 Å². The van der Waals surface area contributed by atoms with Gasteiger partial charge in [0.15, 0.2) is 0 Å². The lowest BCUT2D eigenvalue weighted by molar-refractivity contribution is 0.0754. The van der Waals surface area contributed by atoms with Crippen LogP contribution in [0.1, 0.15) is 41.4 Å². The van der Waals surface area contributed by atoms with Crippen molar-refractivity contribution in [1.82, 2.24) is 9.21 Å². The summed E-state index contributed by atoms with van der Waals surface area (Å²) in [6, 6.07) is 10.3. The van der Waals surface area contributed by atoms with Crippen molar-refractivity contribution in [2.45, 2.75) is 37.6 Å². The number of hydrogen-bond donors (Lipinski definition) is 0. The number of rotatable bonds is 6. The number of thiophene rings is 1. The van der Waals surface area contributed by atoms with Crippen LogP contribution in [0.5, 0.6) is 0 Å². The molecule has 0 bridgehead atoms. The summed E-state index contributed by atoms with van der Waals surface area (Å²) in [6.45, 7) is 4.27. The van der Waals surface area contributed by atoms with Gasteiger partial charge in [-0.05, 0) is 55.5 Å². The average Bonchev–Trinajstić information content (AvgIpc) is 3.19. The highest BCUT2D eigenvalue weighted by Gasteiger charge is 2.26. The Morgan fingerprint density at radius 3 is 2.38 bits per heavy atom. The first-order chi connectivity index (χ1) is 12.5. The van der Waals surface area contributed by atoms with Gasteiger partial charge in [0.1, 0.15) is 0 Å². The molecule has 1 amide bonds. The zero-order chi connectivity index (χ0) is 18.6. The van der Waals surface area contributed by atoms with Crippen molar-refractivity contribution < 1.29 is 13.2 Å². The molecule has 1 fully saturated rings. The maximum atomic E-state index is 12.7. The first-order valence-electron chi connectivity index (χ1n) is 8.94. The van der Waals surface area contributed by atoms with E-state index in [0.29, 0.717) is 31.7 Å². The third-order valence-corrected chi connectivity index (χ3v) is 7.42. The number of piperidine rings is 1. The Bertz CT molecular complexity index is 824. The Hall–Kier alpha value is -1.70. The fraction of sp³-hybridized carbons (Fsp3) is 0.421. The highest BCUT2D eigenvalue weighted by Crippen LogP contribution is 2.21. The second-order valence-electron chi connectivity index (χ2n) is 6.39. The average molecular weight is 393 g/mol. The molecule has 7 heteroatoms. The van der Waals surface area contributed by atoms with Gasteiger partial charge in [-0.2, -0.15) is 4.31 Å². The van der Waals surface area contributed by atoms with Gasteiger partial charge in [-0.25, -0.2) is 8.42 Å². The Morgan fingerprint density at radius 1 is 1.12 bits per heavy atom. The molecule has 0 aliphatic carbocycles. The van der Waals surface area contributed by atoms with Crippen LogP contribution >= 0.6 is 11.3 Å². The smallest absolute Gasteiger partial charge is 0.254 e. The first kappa shape index (κ1) is 19.1. The largest absolute Gasteiger partial charge is 0.334 e. The molecule has 1 aliphatic rings. The molecule has 5 nitrogen and oxygen atoms in total. The fourth-order valence-corrected chi connectivity index (χ4v) is 5.36. The number of nitrogens with zero attached hydrogens (tertiary/aromatic N) is 2. The summed E-state index contributed by atoms with van der Waals surface area (Å²) in [5.74, 6) is -0.0807. The molecule has 1 saturated heterocycles. The van der Waals surface area contributed by atoms with Crippen molar-refractivity contribution in [3.05, 3.63) is 52.2 Å². The highest BCUT2D eigenvalue weighted by molar-refractivity contribution is 7.89.